The van der Waals surface area contributed by atoms with E-state index in [-0.39, 0.29) is 26.8 Å². The third-order valence-electron chi connectivity index (χ3n) is 2.87. The first-order valence-corrected chi connectivity index (χ1v) is 8.91. The van der Waals surface area contributed by atoms with Crippen LogP contribution in [0.5, 0.6) is 0 Å². The third kappa shape index (κ3) is 9.48. The first-order chi connectivity index (χ1) is 12.8. The number of thiophene rings is 2. The van der Waals surface area contributed by atoms with Gasteiger partial charge in [-0.05, 0) is 22.9 Å². The molecule has 2 heterocycles. The minimum atomic E-state index is -4.92. The molecule has 0 saturated carbocycles. The Balaban J connectivity index is 0.000000523. The van der Waals surface area contributed by atoms with Gasteiger partial charge in [0, 0.05) is 17.1 Å². The molecule has 0 aliphatic carbocycles. The summed E-state index contributed by atoms with van der Waals surface area (Å²) in [5.74, 6) is -5.59. The zero-order chi connectivity index (χ0) is 21.5. The second-order valence-corrected chi connectivity index (χ2v) is 6.89. The summed E-state index contributed by atoms with van der Waals surface area (Å²) in [5.41, 5.74) is 0. The van der Waals surface area contributed by atoms with Gasteiger partial charge in [0.25, 0.3) is 0 Å². The van der Waals surface area contributed by atoms with Crippen molar-refractivity contribution in [2.45, 2.75) is 25.2 Å². The van der Waals surface area contributed by atoms with Crippen LogP contribution in [0.1, 0.15) is 32.2 Å². The van der Waals surface area contributed by atoms with Crippen LogP contribution in [0.15, 0.2) is 35.0 Å². The van der Waals surface area contributed by atoms with Gasteiger partial charge in [0.15, 0.2) is 11.6 Å². The molecule has 0 bridgehead atoms. The molecule has 0 N–H and O–H groups in total. The topological polar surface area (TPSA) is 68.3 Å². The fourth-order valence-corrected chi connectivity index (χ4v) is 2.87. The van der Waals surface area contributed by atoms with Crippen LogP contribution >= 0.6 is 22.7 Å². The van der Waals surface area contributed by atoms with Gasteiger partial charge < -0.3 is 0 Å². The molecular formula is C16H10CuF6O4S2. The number of hydrogen-bond donors (Lipinski definition) is 0. The van der Waals surface area contributed by atoms with Crippen molar-refractivity contribution in [3.8, 4) is 0 Å². The zero-order valence-corrected chi connectivity index (χ0v) is 16.5. The quantitative estimate of drug-likeness (QED) is 0.241. The maximum Gasteiger partial charge on any atom is 0.450 e. The van der Waals surface area contributed by atoms with E-state index in [0.717, 1.165) is 22.7 Å². The monoisotopic (exact) mass is 507 g/mol. The normalized spacial score (nSPS) is 11.0. The average Bonchev–Trinajstić information content (AvgIpc) is 3.27. The summed E-state index contributed by atoms with van der Waals surface area (Å²) in [4.78, 5) is 43.3. The molecule has 0 aromatic carbocycles. The van der Waals surface area contributed by atoms with E-state index in [1.165, 1.54) is 24.3 Å². The summed E-state index contributed by atoms with van der Waals surface area (Å²) in [6.45, 7) is 0. The molecule has 0 saturated heterocycles. The molecule has 0 fully saturated rings. The predicted octanol–water partition coefficient (Wildman–Crippen LogP) is 4.90. The van der Waals surface area contributed by atoms with Gasteiger partial charge in [0.05, 0.1) is 22.6 Å². The van der Waals surface area contributed by atoms with Gasteiger partial charge in [0.1, 0.15) is 0 Å². The molecule has 2 aromatic heterocycles. The Morgan fingerprint density at radius 1 is 0.690 bits per heavy atom. The molecule has 13 heteroatoms. The summed E-state index contributed by atoms with van der Waals surface area (Å²) in [6.07, 6.45) is -12.1. The van der Waals surface area contributed by atoms with Crippen LogP contribution in [0, 0.1) is 0 Å². The van der Waals surface area contributed by atoms with Gasteiger partial charge in [-0.3, -0.25) is 19.2 Å². The molecule has 0 amide bonds. The van der Waals surface area contributed by atoms with Crippen LogP contribution in [-0.2, 0) is 26.7 Å². The van der Waals surface area contributed by atoms with Crippen LogP contribution in [0.4, 0.5) is 26.3 Å². The number of ketones is 4. The maximum absolute atomic E-state index is 11.8. The second kappa shape index (κ2) is 11.4. The molecule has 163 valence electrons. The van der Waals surface area contributed by atoms with Crippen LogP contribution in [0.25, 0.3) is 0 Å². The van der Waals surface area contributed by atoms with Crippen molar-refractivity contribution in [2.24, 2.45) is 0 Å². The number of hydrogen-bond acceptors (Lipinski definition) is 6. The van der Waals surface area contributed by atoms with Crippen molar-refractivity contribution in [1.82, 2.24) is 0 Å². The second-order valence-electron chi connectivity index (χ2n) is 5.00. The Morgan fingerprint density at radius 2 is 1.00 bits per heavy atom. The summed E-state index contributed by atoms with van der Waals surface area (Å²) in [7, 11) is 0. The molecule has 0 aliphatic rings. The van der Waals surface area contributed by atoms with Gasteiger partial charge >= 0.3 is 12.4 Å². The minimum Gasteiger partial charge on any atom is -0.293 e. The number of rotatable bonds is 6. The number of Topliss-reactive ketones (excluding diaryl/α,β-unsaturated/α-hetero) is 4. The zero-order valence-electron chi connectivity index (χ0n) is 13.9. The number of carbonyl (C=O) groups is 4. The van der Waals surface area contributed by atoms with Gasteiger partial charge in [-0.25, -0.2) is 0 Å². The van der Waals surface area contributed by atoms with E-state index in [1.54, 1.807) is 10.8 Å². The first kappa shape index (κ1) is 27.2. The van der Waals surface area contributed by atoms with E-state index in [9.17, 15) is 45.5 Å². The van der Waals surface area contributed by atoms with E-state index in [4.69, 9.17) is 0 Å². The van der Waals surface area contributed by atoms with Crippen molar-refractivity contribution in [3.63, 3.8) is 0 Å². The fourth-order valence-electron chi connectivity index (χ4n) is 1.54. The molecule has 4 nitrogen and oxygen atoms in total. The Hall–Kier alpha value is -1.82. The van der Waals surface area contributed by atoms with E-state index < -0.39 is 48.3 Å². The molecular weight excluding hydrogens is 498 g/mol. The van der Waals surface area contributed by atoms with Crippen LogP contribution in [0.3, 0.4) is 0 Å². The summed E-state index contributed by atoms with van der Waals surface area (Å²) >= 11 is 2.03. The molecule has 0 aliphatic heterocycles. The summed E-state index contributed by atoms with van der Waals surface area (Å²) < 4.78 is 70.5. The number of carbonyl (C=O) groups excluding carboxylic acids is 4. The van der Waals surface area contributed by atoms with E-state index in [0.29, 0.717) is 0 Å². The number of alkyl halides is 6. The average molecular weight is 508 g/mol. The molecule has 2 aromatic rings. The Kier molecular flexibility index (Phi) is 10.7. The summed E-state index contributed by atoms with van der Waals surface area (Å²) in [6, 6.07) is 5.85. The molecule has 2 rings (SSSR count). The van der Waals surface area contributed by atoms with Crippen LogP contribution < -0.4 is 0 Å². The Bertz CT molecular complexity index is 756. The van der Waals surface area contributed by atoms with Gasteiger partial charge in [-0.1, -0.05) is 12.1 Å². The molecule has 0 spiro atoms. The smallest absolute Gasteiger partial charge is 0.293 e. The molecule has 0 atom stereocenters. The van der Waals surface area contributed by atoms with Crippen LogP contribution in [-0.4, -0.2) is 35.5 Å². The van der Waals surface area contributed by atoms with E-state index in [1.807, 2.05) is 0 Å². The molecule has 0 unspecified atom stereocenters. The maximum atomic E-state index is 11.8. The van der Waals surface area contributed by atoms with E-state index >= 15 is 0 Å². The molecule has 29 heavy (non-hydrogen) atoms. The Labute approximate surface area is 178 Å². The van der Waals surface area contributed by atoms with Crippen LogP contribution in [0.2, 0.25) is 0 Å². The third-order valence-corrected chi connectivity index (χ3v) is 4.69. The predicted molar refractivity (Wildman–Crippen MR) is 88.7 cm³/mol. The minimum absolute atomic E-state index is 0. The standard InChI is InChI=1S/2C8H5F3O2S.Cu/c2*9-8(10,11)7(13)4-5(12)6-2-1-3-14-6;/h2*1-3H,4H2;. The van der Waals surface area contributed by atoms with Gasteiger partial charge in [0.2, 0.25) is 11.6 Å². The SMILES string of the molecule is O=C(CC(=O)C(F)(F)F)c1cccs1.O=C(CC(=O)C(F)(F)F)c1cccs1.[Cu]. The molecule has 1 radical (unpaired) electrons. The fraction of sp³-hybridized carbons (Fsp3) is 0.250. The number of halogens is 6. The Morgan fingerprint density at radius 3 is 1.21 bits per heavy atom. The van der Waals surface area contributed by atoms with Crippen molar-refractivity contribution < 1.29 is 62.6 Å². The van der Waals surface area contributed by atoms with Gasteiger partial charge in [-0.15, -0.1) is 22.7 Å². The summed E-state index contributed by atoms with van der Waals surface area (Å²) in [5, 5.41) is 3.12. The van der Waals surface area contributed by atoms with E-state index in [2.05, 4.69) is 0 Å². The first-order valence-electron chi connectivity index (χ1n) is 7.15. The van der Waals surface area contributed by atoms with Gasteiger partial charge in [-0.2, -0.15) is 26.3 Å². The van der Waals surface area contributed by atoms with Crippen molar-refractivity contribution in [2.75, 3.05) is 0 Å². The van der Waals surface area contributed by atoms with Crippen molar-refractivity contribution in [1.29, 1.82) is 0 Å². The van der Waals surface area contributed by atoms with Crippen molar-refractivity contribution in [3.05, 3.63) is 44.8 Å². The van der Waals surface area contributed by atoms with Crippen molar-refractivity contribution >= 4 is 45.8 Å². The largest absolute Gasteiger partial charge is 0.450 e.